The number of hydrogen-bond donors (Lipinski definition) is 1. The molecule has 1 heterocycles. The molecule has 30 heavy (non-hydrogen) atoms. The Morgan fingerprint density at radius 1 is 1.03 bits per heavy atom. The van der Waals surface area contributed by atoms with Crippen molar-refractivity contribution in [3.8, 4) is 6.07 Å². The van der Waals surface area contributed by atoms with Gasteiger partial charge >= 0.3 is 0 Å². The number of carbonyl (C=O) groups excluding carboxylic acids is 1. The summed E-state index contributed by atoms with van der Waals surface area (Å²) in [4.78, 5) is 18.1. The maximum Gasteiger partial charge on any atom is 0.253 e. The van der Waals surface area contributed by atoms with Crippen molar-refractivity contribution in [2.24, 2.45) is 0 Å². The van der Waals surface area contributed by atoms with E-state index in [9.17, 15) is 4.79 Å². The SMILES string of the molecule is CN(C)C(=O)c1ccc2cc(CCNc3ccnc4ccc(C#N)cc34)ccc2c1. The molecule has 1 N–H and O–H groups in total. The molecule has 3 aromatic carbocycles. The number of amides is 1. The van der Waals surface area contributed by atoms with Crippen molar-refractivity contribution in [3.63, 3.8) is 0 Å². The fraction of sp³-hybridized carbons (Fsp3) is 0.160. The van der Waals surface area contributed by atoms with Gasteiger partial charge in [-0.15, -0.1) is 0 Å². The molecular formula is C25H22N4O. The number of rotatable bonds is 5. The summed E-state index contributed by atoms with van der Waals surface area (Å²) >= 11 is 0. The highest BCUT2D eigenvalue weighted by Crippen LogP contribution is 2.23. The molecule has 5 nitrogen and oxygen atoms in total. The molecule has 0 aliphatic heterocycles. The van der Waals surface area contributed by atoms with Crippen molar-refractivity contribution in [1.82, 2.24) is 9.88 Å². The summed E-state index contributed by atoms with van der Waals surface area (Å²) < 4.78 is 0. The normalized spacial score (nSPS) is 10.7. The first-order valence-electron chi connectivity index (χ1n) is 9.82. The van der Waals surface area contributed by atoms with Crippen LogP contribution in [0.15, 0.2) is 66.9 Å². The van der Waals surface area contributed by atoms with E-state index >= 15 is 0 Å². The van der Waals surface area contributed by atoms with Crippen molar-refractivity contribution >= 4 is 33.3 Å². The molecule has 0 saturated heterocycles. The zero-order chi connectivity index (χ0) is 21.1. The Bertz CT molecular complexity index is 1290. The van der Waals surface area contributed by atoms with Gasteiger partial charge in [-0.05, 0) is 59.2 Å². The molecule has 148 valence electrons. The van der Waals surface area contributed by atoms with Crippen LogP contribution in [-0.2, 0) is 6.42 Å². The summed E-state index contributed by atoms with van der Waals surface area (Å²) in [5.41, 5.74) is 4.39. The minimum atomic E-state index is 0.00862. The van der Waals surface area contributed by atoms with Gasteiger partial charge in [0.05, 0.1) is 17.1 Å². The molecule has 0 spiro atoms. The van der Waals surface area contributed by atoms with Gasteiger partial charge in [-0.1, -0.05) is 24.3 Å². The minimum absolute atomic E-state index is 0.00862. The first-order valence-corrected chi connectivity index (χ1v) is 9.82. The molecule has 0 radical (unpaired) electrons. The Balaban J connectivity index is 1.49. The van der Waals surface area contributed by atoms with Gasteiger partial charge in [0.25, 0.3) is 5.91 Å². The third-order valence-electron chi connectivity index (χ3n) is 5.16. The molecule has 0 fully saturated rings. The second-order valence-electron chi connectivity index (χ2n) is 7.47. The number of anilines is 1. The van der Waals surface area contributed by atoms with Crippen LogP contribution in [0.25, 0.3) is 21.7 Å². The Morgan fingerprint density at radius 2 is 1.83 bits per heavy atom. The predicted molar refractivity (Wildman–Crippen MR) is 121 cm³/mol. The van der Waals surface area contributed by atoms with Crippen molar-refractivity contribution in [3.05, 3.63) is 83.6 Å². The van der Waals surface area contributed by atoms with Gasteiger partial charge in [0.1, 0.15) is 0 Å². The average Bonchev–Trinajstić information content (AvgIpc) is 2.78. The van der Waals surface area contributed by atoms with E-state index in [0.717, 1.165) is 40.3 Å². The van der Waals surface area contributed by atoms with Crippen molar-refractivity contribution < 1.29 is 4.79 Å². The first-order chi connectivity index (χ1) is 14.5. The molecule has 4 rings (SSSR count). The number of aromatic nitrogens is 1. The van der Waals surface area contributed by atoms with Gasteiger partial charge in [-0.3, -0.25) is 9.78 Å². The van der Waals surface area contributed by atoms with Crippen LogP contribution in [0.4, 0.5) is 5.69 Å². The highest BCUT2D eigenvalue weighted by atomic mass is 16.2. The van der Waals surface area contributed by atoms with Gasteiger partial charge in [-0.2, -0.15) is 5.26 Å². The number of nitrogens with zero attached hydrogens (tertiary/aromatic N) is 3. The molecule has 0 aliphatic carbocycles. The molecule has 0 atom stereocenters. The molecule has 0 aliphatic rings. The van der Waals surface area contributed by atoms with E-state index in [1.165, 1.54) is 5.56 Å². The zero-order valence-electron chi connectivity index (χ0n) is 17.0. The Morgan fingerprint density at radius 3 is 2.63 bits per heavy atom. The fourth-order valence-electron chi connectivity index (χ4n) is 3.55. The number of pyridine rings is 1. The zero-order valence-corrected chi connectivity index (χ0v) is 17.0. The van der Waals surface area contributed by atoms with Gasteiger partial charge in [-0.25, -0.2) is 0 Å². The monoisotopic (exact) mass is 394 g/mol. The minimum Gasteiger partial charge on any atom is -0.384 e. The number of nitriles is 1. The average molecular weight is 394 g/mol. The molecular weight excluding hydrogens is 372 g/mol. The van der Waals surface area contributed by atoms with Crippen LogP contribution in [0, 0.1) is 11.3 Å². The van der Waals surface area contributed by atoms with E-state index < -0.39 is 0 Å². The second kappa shape index (κ2) is 8.22. The lowest BCUT2D eigenvalue weighted by Crippen LogP contribution is -2.21. The highest BCUT2D eigenvalue weighted by molar-refractivity contribution is 5.98. The quantitative estimate of drug-likeness (QED) is 0.536. The van der Waals surface area contributed by atoms with E-state index in [1.807, 2.05) is 36.4 Å². The van der Waals surface area contributed by atoms with E-state index in [1.54, 1.807) is 31.3 Å². The van der Waals surface area contributed by atoms with Gasteiger partial charge in [0, 0.05) is 43.5 Å². The number of fused-ring (bicyclic) bond motifs is 2. The predicted octanol–water partition coefficient (Wildman–Crippen LogP) is 4.62. The van der Waals surface area contributed by atoms with Gasteiger partial charge < -0.3 is 10.2 Å². The largest absolute Gasteiger partial charge is 0.384 e. The standard InChI is InChI=1S/C25H22N4O/c1-29(2)25(30)21-7-6-19-13-17(3-5-20(19)15-21)9-11-27-24-10-12-28-23-8-4-18(16-26)14-22(23)24/h3-8,10,12-15H,9,11H2,1-2H3,(H,27,28). The highest BCUT2D eigenvalue weighted by Gasteiger charge is 2.09. The summed E-state index contributed by atoms with van der Waals surface area (Å²) in [7, 11) is 3.52. The lowest BCUT2D eigenvalue weighted by molar-refractivity contribution is 0.0828. The summed E-state index contributed by atoms with van der Waals surface area (Å²) in [6.45, 7) is 0.763. The molecule has 0 unspecified atom stereocenters. The van der Waals surface area contributed by atoms with Crippen molar-refractivity contribution in [2.75, 3.05) is 26.0 Å². The maximum absolute atomic E-state index is 12.2. The molecule has 0 bridgehead atoms. The summed E-state index contributed by atoms with van der Waals surface area (Å²) in [6, 6.07) is 21.8. The summed E-state index contributed by atoms with van der Waals surface area (Å²) in [5.74, 6) is 0.00862. The van der Waals surface area contributed by atoms with Crippen LogP contribution in [0.1, 0.15) is 21.5 Å². The van der Waals surface area contributed by atoms with Crippen molar-refractivity contribution in [2.45, 2.75) is 6.42 Å². The van der Waals surface area contributed by atoms with E-state index in [2.05, 4.69) is 34.6 Å². The van der Waals surface area contributed by atoms with Crippen LogP contribution in [0.5, 0.6) is 0 Å². The first kappa shape index (κ1) is 19.4. The van der Waals surface area contributed by atoms with E-state index in [4.69, 9.17) is 5.26 Å². The molecule has 1 aromatic heterocycles. The maximum atomic E-state index is 12.2. The van der Waals surface area contributed by atoms with Crippen molar-refractivity contribution in [1.29, 1.82) is 5.26 Å². The van der Waals surface area contributed by atoms with E-state index in [0.29, 0.717) is 11.1 Å². The Hall–Kier alpha value is -3.91. The fourth-order valence-corrected chi connectivity index (χ4v) is 3.55. The van der Waals surface area contributed by atoms with Crippen LogP contribution in [0.2, 0.25) is 0 Å². The smallest absolute Gasteiger partial charge is 0.253 e. The number of carbonyl (C=O) groups is 1. The van der Waals surface area contributed by atoms with Gasteiger partial charge in [0.15, 0.2) is 0 Å². The van der Waals surface area contributed by atoms with Crippen LogP contribution >= 0.6 is 0 Å². The number of nitrogens with one attached hydrogen (secondary N) is 1. The number of benzene rings is 3. The Labute approximate surface area is 175 Å². The molecule has 1 amide bonds. The Kier molecular flexibility index (Phi) is 5.32. The second-order valence-corrected chi connectivity index (χ2v) is 7.47. The molecule has 4 aromatic rings. The van der Waals surface area contributed by atoms with Gasteiger partial charge in [0.2, 0.25) is 0 Å². The van der Waals surface area contributed by atoms with Crippen LogP contribution in [0.3, 0.4) is 0 Å². The summed E-state index contributed by atoms with van der Waals surface area (Å²) in [6.07, 6.45) is 2.63. The molecule has 5 heteroatoms. The lowest BCUT2D eigenvalue weighted by atomic mass is 10.0. The number of hydrogen-bond acceptors (Lipinski definition) is 4. The third-order valence-corrected chi connectivity index (χ3v) is 5.16. The van der Waals surface area contributed by atoms with Crippen LogP contribution < -0.4 is 5.32 Å². The topological polar surface area (TPSA) is 69.0 Å². The lowest BCUT2D eigenvalue weighted by Gasteiger charge is -2.12. The molecule has 0 saturated carbocycles. The van der Waals surface area contributed by atoms with Crippen LogP contribution in [-0.4, -0.2) is 36.4 Å². The van der Waals surface area contributed by atoms with E-state index in [-0.39, 0.29) is 5.91 Å². The summed E-state index contributed by atoms with van der Waals surface area (Å²) in [5, 5.41) is 15.8. The third kappa shape index (κ3) is 3.94.